The van der Waals surface area contributed by atoms with Gasteiger partial charge in [-0.15, -0.1) is 0 Å². The topological polar surface area (TPSA) is 72.5 Å². The molecular weight excluding hydrogens is 266 g/mol. The van der Waals surface area contributed by atoms with Gasteiger partial charge in [-0.3, -0.25) is 0 Å². The van der Waals surface area contributed by atoms with Crippen LogP contribution in [-0.2, 0) is 16.1 Å². The average molecular weight is 285 g/mol. The molecule has 0 aliphatic rings. The predicted octanol–water partition coefficient (Wildman–Crippen LogP) is 2.18. The summed E-state index contributed by atoms with van der Waals surface area (Å²) in [6.45, 7) is 0.150. The van der Waals surface area contributed by atoms with Crippen LogP contribution in [0.2, 0.25) is 0 Å². The fourth-order valence-corrected chi connectivity index (χ4v) is 2.00. The van der Waals surface area contributed by atoms with Gasteiger partial charge in [0.15, 0.2) is 6.10 Å². The summed E-state index contributed by atoms with van der Waals surface area (Å²) < 4.78 is 5.08. The molecule has 2 aromatic rings. The van der Waals surface area contributed by atoms with Gasteiger partial charge in [-0.25, -0.2) is 4.79 Å². The van der Waals surface area contributed by atoms with Crippen molar-refractivity contribution in [2.75, 3.05) is 0 Å². The first kappa shape index (κ1) is 15.2. The highest BCUT2D eigenvalue weighted by atomic mass is 16.5. The monoisotopic (exact) mass is 285 g/mol. The Hall–Kier alpha value is -2.17. The minimum Gasteiger partial charge on any atom is -0.459 e. The smallest absolute Gasteiger partial charge is 0.335 e. The molecule has 0 heterocycles. The number of carbonyl (C=O) groups excluding carboxylic acids is 1. The van der Waals surface area contributed by atoms with Crippen LogP contribution in [0.5, 0.6) is 0 Å². The first-order valence-electron chi connectivity index (χ1n) is 6.86. The van der Waals surface area contributed by atoms with Crippen molar-refractivity contribution >= 4 is 5.97 Å². The lowest BCUT2D eigenvalue weighted by molar-refractivity contribution is -0.155. The highest BCUT2D eigenvalue weighted by molar-refractivity contribution is 5.74. The molecule has 0 aliphatic heterocycles. The van der Waals surface area contributed by atoms with E-state index in [1.54, 1.807) is 0 Å². The van der Waals surface area contributed by atoms with Gasteiger partial charge in [-0.1, -0.05) is 60.7 Å². The van der Waals surface area contributed by atoms with Crippen molar-refractivity contribution in [1.82, 2.24) is 0 Å². The number of rotatable bonds is 6. The summed E-state index contributed by atoms with van der Waals surface area (Å²) in [5.74, 6) is -0.648. The number of carbonyl (C=O) groups is 1. The Kier molecular flexibility index (Phi) is 5.49. The Balaban J connectivity index is 1.82. The molecule has 0 aliphatic carbocycles. The molecule has 3 N–H and O–H groups in total. The molecule has 110 valence electrons. The van der Waals surface area contributed by atoms with Crippen LogP contribution in [0.1, 0.15) is 23.6 Å². The fraction of sp³-hybridized carbons (Fsp3) is 0.235. The number of nitrogens with two attached hydrogens (primary N) is 1. The molecule has 0 aromatic heterocycles. The maximum Gasteiger partial charge on any atom is 0.335 e. The third kappa shape index (κ3) is 4.70. The van der Waals surface area contributed by atoms with Crippen molar-refractivity contribution < 1.29 is 14.6 Å². The number of aliphatic hydroxyl groups is 1. The van der Waals surface area contributed by atoms with E-state index in [9.17, 15) is 9.90 Å². The zero-order valence-corrected chi connectivity index (χ0v) is 11.7. The maximum absolute atomic E-state index is 11.8. The molecule has 21 heavy (non-hydrogen) atoms. The van der Waals surface area contributed by atoms with Crippen molar-refractivity contribution in [3.05, 3.63) is 71.8 Å². The standard InChI is InChI=1S/C17H19NO3/c18-15(14-9-5-2-6-10-14)11-16(19)17(20)21-12-13-7-3-1-4-8-13/h1-10,15-16,19H,11-12,18H2/t15-,16-/m1/s1. The summed E-state index contributed by atoms with van der Waals surface area (Å²) in [6, 6.07) is 18.3. The molecule has 0 bridgehead atoms. The van der Waals surface area contributed by atoms with Crippen LogP contribution >= 0.6 is 0 Å². The normalized spacial score (nSPS) is 13.4. The Morgan fingerprint density at radius 2 is 1.62 bits per heavy atom. The molecule has 2 atom stereocenters. The minimum absolute atomic E-state index is 0.137. The van der Waals surface area contributed by atoms with Crippen LogP contribution in [0, 0.1) is 0 Å². The summed E-state index contributed by atoms with van der Waals surface area (Å²) in [6.07, 6.45) is -1.08. The van der Waals surface area contributed by atoms with Gasteiger partial charge >= 0.3 is 5.97 Å². The van der Waals surface area contributed by atoms with Crippen LogP contribution in [0.15, 0.2) is 60.7 Å². The van der Waals surface area contributed by atoms with E-state index in [-0.39, 0.29) is 13.0 Å². The van der Waals surface area contributed by atoms with E-state index in [1.165, 1.54) is 0 Å². The van der Waals surface area contributed by atoms with E-state index in [2.05, 4.69) is 0 Å². The van der Waals surface area contributed by atoms with Gasteiger partial charge in [-0.2, -0.15) is 0 Å². The fourth-order valence-electron chi connectivity index (χ4n) is 2.00. The number of aliphatic hydroxyl groups excluding tert-OH is 1. The quantitative estimate of drug-likeness (QED) is 0.798. The van der Waals surface area contributed by atoms with Gasteiger partial charge in [0.1, 0.15) is 6.61 Å². The number of hydrogen-bond acceptors (Lipinski definition) is 4. The van der Waals surface area contributed by atoms with Gasteiger partial charge in [0.25, 0.3) is 0 Å². The molecule has 2 rings (SSSR count). The van der Waals surface area contributed by atoms with Crippen molar-refractivity contribution in [3.8, 4) is 0 Å². The second-order valence-corrected chi connectivity index (χ2v) is 4.86. The second-order valence-electron chi connectivity index (χ2n) is 4.86. The maximum atomic E-state index is 11.8. The molecule has 2 aromatic carbocycles. The molecule has 0 radical (unpaired) electrons. The van der Waals surface area contributed by atoms with Crippen LogP contribution in [-0.4, -0.2) is 17.2 Å². The average Bonchev–Trinajstić information content (AvgIpc) is 2.54. The Morgan fingerprint density at radius 3 is 2.24 bits per heavy atom. The molecular formula is C17H19NO3. The molecule has 0 saturated heterocycles. The van der Waals surface area contributed by atoms with Crippen molar-refractivity contribution in [2.45, 2.75) is 25.2 Å². The first-order valence-corrected chi connectivity index (χ1v) is 6.86. The van der Waals surface area contributed by atoms with Gasteiger partial charge in [0.05, 0.1) is 0 Å². The first-order chi connectivity index (χ1) is 10.2. The minimum atomic E-state index is -1.22. The lowest BCUT2D eigenvalue weighted by Gasteiger charge is -2.16. The van der Waals surface area contributed by atoms with E-state index in [4.69, 9.17) is 10.5 Å². The zero-order chi connectivity index (χ0) is 15.1. The van der Waals surface area contributed by atoms with E-state index in [0.717, 1.165) is 11.1 Å². The number of esters is 1. The van der Waals surface area contributed by atoms with E-state index in [1.807, 2.05) is 60.7 Å². The summed E-state index contributed by atoms with van der Waals surface area (Å²) in [7, 11) is 0. The number of ether oxygens (including phenoxy) is 1. The SMILES string of the molecule is N[C@H](C[C@@H](O)C(=O)OCc1ccccc1)c1ccccc1. The molecule has 0 amide bonds. The Morgan fingerprint density at radius 1 is 1.05 bits per heavy atom. The predicted molar refractivity (Wildman–Crippen MR) is 80.2 cm³/mol. The highest BCUT2D eigenvalue weighted by Gasteiger charge is 2.20. The second kappa shape index (κ2) is 7.57. The molecule has 4 heteroatoms. The van der Waals surface area contributed by atoms with Gasteiger partial charge < -0.3 is 15.6 Å². The summed E-state index contributed by atoms with van der Waals surface area (Å²) in [4.78, 5) is 11.8. The number of hydrogen-bond donors (Lipinski definition) is 2. The third-order valence-electron chi connectivity index (χ3n) is 3.20. The van der Waals surface area contributed by atoms with Crippen LogP contribution < -0.4 is 5.73 Å². The lowest BCUT2D eigenvalue weighted by Crippen LogP contribution is -2.27. The van der Waals surface area contributed by atoms with E-state index in [0.29, 0.717) is 0 Å². The van der Waals surface area contributed by atoms with E-state index >= 15 is 0 Å². The Bertz CT molecular complexity index is 557. The molecule has 0 saturated carbocycles. The molecule has 0 unspecified atom stereocenters. The van der Waals surface area contributed by atoms with Gasteiger partial charge in [0.2, 0.25) is 0 Å². The largest absolute Gasteiger partial charge is 0.459 e. The highest BCUT2D eigenvalue weighted by Crippen LogP contribution is 2.16. The van der Waals surface area contributed by atoms with Crippen molar-refractivity contribution in [2.24, 2.45) is 5.73 Å². The van der Waals surface area contributed by atoms with Crippen molar-refractivity contribution in [1.29, 1.82) is 0 Å². The van der Waals surface area contributed by atoms with Crippen LogP contribution in [0.25, 0.3) is 0 Å². The Labute approximate surface area is 124 Å². The van der Waals surface area contributed by atoms with Crippen molar-refractivity contribution in [3.63, 3.8) is 0 Å². The van der Waals surface area contributed by atoms with Crippen LogP contribution in [0.3, 0.4) is 0 Å². The van der Waals surface area contributed by atoms with Gasteiger partial charge in [0, 0.05) is 12.5 Å². The van der Waals surface area contributed by atoms with E-state index < -0.39 is 18.1 Å². The summed E-state index contributed by atoms with van der Waals surface area (Å²) >= 11 is 0. The third-order valence-corrected chi connectivity index (χ3v) is 3.20. The van der Waals surface area contributed by atoms with Crippen LogP contribution in [0.4, 0.5) is 0 Å². The molecule has 4 nitrogen and oxygen atoms in total. The lowest BCUT2D eigenvalue weighted by atomic mass is 10.0. The summed E-state index contributed by atoms with van der Waals surface area (Å²) in [5.41, 5.74) is 7.74. The number of benzene rings is 2. The summed E-state index contributed by atoms with van der Waals surface area (Å²) in [5, 5.41) is 9.87. The molecule has 0 fully saturated rings. The van der Waals surface area contributed by atoms with Gasteiger partial charge in [-0.05, 0) is 11.1 Å². The zero-order valence-electron chi connectivity index (χ0n) is 11.7. The molecule has 0 spiro atoms.